The first kappa shape index (κ1) is 49.8. The van der Waals surface area contributed by atoms with E-state index in [2.05, 4.69) is 26.0 Å². The molecule has 0 aromatic heterocycles. The molecule has 0 aromatic rings. The van der Waals surface area contributed by atoms with Gasteiger partial charge in [-0.1, -0.05) is 148 Å². The Labute approximate surface area is 314 Å². The minimum Gasteiger partial charge on any atom is -0.462 e. The molecule has 0 aliphatic rings. The average molecular weight is 747 g/mol. The van der Waals surface area contributed by atoms with Crippen molar-refractivity contribution in [2.45, 2.75) is 193 Å². The summed E-state index contributed by atoms with van der Waals surface area (Å²) >= 11 is 0. The van der Waals surface area contributed by atoms with Crippen LogP contribution in [0, 0.1) is 0 Å². The van der Waals surface area contributed by atoms with Crippen molar-refractivity contribution in [3.05, 3.63) is 12.2 Å². The Morgan fingerprint density at radius 1 is 0.588 bits per heavy atom. The number of phosphoric acid groups is 1. The summed E-state index contributed by atoms with van der Waals surface area (Å²) in [6, 6.07) is 0. The van der Waals surface area contributed by atoms with Crippen LogP contribution in [0.5, 0.6) is 0 Å². The number of nitrogens with zero attached hydrogens (tertiary/aromatic N) is 1. The van der Waals surface area contributed by atoms with Crippen molar-refractivity contribution in [1.29, 1.82) is 0 Å². The van der Waals surface area contributed by atoms with E-state index in [-0.39, 0.29) is 32.0 Å². The largest absolute Gasteiger partial charge is 0.472 e. The number of carbonyl (C=O) groups excluding carboxylic acids is 2. The molecule has 0 bridgehead atoms. The van der Waals surface area contributed by atoms with Crippen molar-refractivity contribution in [3.8, 4) is 0 Å². The van der Waals surface area contributed by atoms with E-state index in [1.165, 1.54) is 103 Å². The normalized spacial score (nSPS) is 13.8. The first-order chi connectivity index (χ1) is 24.5. The van der Waals surface area contributed by atoms with E-state index >= 15 is 0 Å². The minimum absolute atomic E-state index is 0.0334. The maximum atomic E-state index is 12.6. The van der Waals surface area contributed by atoms with E-state index in [9.17, 15) is 19.0 Å². The van der Waals surface area contributed by atoms with Gasteiger partial charge in [-0.05, 0) is 38.5 Å². The van der Waals surface area contributed by atoms with E-state index in [0.717, 1.165) is 51.4 Å². The van der Waals surface area contributed by atoms with Crippen LogP contribution >= 0.6 is 7.82 Å². The molecule has 0 spiro atoms. The quantitative estimate of drug-likeness (QED) is 0.0219. The molecule has 9 nitrogen and oxygen atoms in total. The monoisotopic (exact) mass is 747 g/mol. The molecule has 302 valence electrons. The lowest BCUT2D eigenvalue weighted by atomic mass is 10.0. The molecule has 51 heavy (non-hydrogen) atoms. The maximum Gasteiger partial charge on any atom is 0.472 e. The summed E-state index contributed by atoms with van der Waals surface area (Å²) in [4.78, 5) is 35.2. The number of unbranched alkanes of at least 4 members (excludes halogenated alkanes) is 22. The topological polar surface area (TPSA) is 108 Å². The maximum absolute atomic E-state index is 12.6. The zero-order valence-corrected chi connectivity index (χ0v) is 34.7. The lowest BCUT2D eigenvalue weighted by molar-refractivity contribution is -0.870. The molecule has 0 aliphatic heterocycles. The zero-order chi connectivity index (χ0) is 37.9. The fourth-order valence-corrected chi connectivity index (χ4v) is 6.46. The second-order valence-electron chi connectivity index (χ2n) is 15.4. The van der Waals surface area contributed by atoms with Crippen LogP contribution in [-0.2, 0) is 32.7 Å². The van der Waals surface area contributed by atoms with Gasteiger partial charge in [0.1, 0.15) is 19.8 Å². The lowest BCUT2D eigenvalue weighted by Gasteiger charge is -2.24. The molecule has 10 heteroatoms. The van der Waals surface area contributed by atoms with Crippen LogP contribution in [0.2, 0.25) is 0 Å². The van der Waals surface area contributed by atoms with Crippen molar-refractivity contribution in [1.82, 2.24) is 0 Å². The van der Waals surface area contributed by atoms with Gasteiger partial charge in [-0.25, -0.2) is 4.57 Å². The minimum atomic E-state index is -4.37. The number of hydrogen-bond donors (Lipinski definition) is 1. The number of esters is 2. The van der Waals surface area contributed by atoms with Crippen molar-refractivity contribution in [2.75, 3.05) is 47.5 Å². The molecule has 0 rings (SSSR count). The van der Waals surface area contributed by atoms with Gasteiger partial charge in [-0.15, -0.1) is 0 Å². The van der Waals surface area contributed by atoms with Crippen LogP contribution in [0.1, 0.15) is 187 Å². The van der Waals surface area contributed by atoms with Crippen molar-refractivity contribution < 1.29 is 42.1 Å². The number of rotatable bonds is 38. The standard InChI is InChI=1S/C41H80NO8P/c1-6-8-10-12-14-16-18-20-22-23-25-27-29-31-33-40(43)47-37-39(38-49-51(45,46)48-36-35-42(3,4)5)50-41(44)34-32-30-28-26-24-21-19-17-15-13-11-9-7-2/h18,20,39H,6-17,19,21-38H2,1-5H3/p+1/b20-18+/t39-/m1/s1. The predicted octanol–water partition coefficient (Wildman–Crippen LogP) is 11.4. The van der Waals surface area contributed by atoms with Crippen LogP contribution in [0.3, 0.4) is 0 Å². The molecule has 0 aliphatic carbocycles. The zero-order valence-electron chi connectivity index (χ0n) is 33.9. The van der Waals surface area contributed by atoms with Gasteiger partial charge in [0.05, 0.1) is 27.7 Å². The van der Waals surface area contributed by atoms with Crippen LogP contribution in [0.15, 0.2) is 12.2 Å². The molecular formula is C41H81NO8P+. The third kappa shape index (κ3) is 38.3. The van der Waals surface area contributed by atoms with Crippen LogP contribution in [-0.4, -0.2) is 74.9 Å². The van der Waals surface area contributed by atoms with Crippen molar-refractivity contribution in [3.63, 3.8) is 0 Å². The Kier molecular flexibility index (Phi) is 33.7. The predicted molar refractivity (Wildman–Crippen MR) is 211 cm³/mol. The number of hydrogen-bond acceptors (Lipinski definition) is 7. The first-order valence-electron chi connectivity index (χ1n) is 20.9. The molecule has 0 saturated heterocycles. The highest BCUT2D eigenvalue weighted by atomic mass is 31.2. The fourth-order valence-electron chi connectivity index (χ4n) is 5.71. The summed E-state index contributed by atoms with van der Waals surface area (Å²) in [6.07, 6.45) is 33.9. The molecule has 2 atom stereocenters. The lowest BCUT2D eigenvalue weighted by Crippen LogP contribution is -2.37. The molecule has 1 unspecified atom stereocenters. The second-order valence-corrected chi connectivity index (χ2v) is 16.8. The summed E-state index contributed by atoms with van der Waals surface area (Å²) in [5.74, 6) is -0.802. The molecule has 0 amide bonds. The van der Waals surface area contributed by atoms with Gasteiger partial charge in [0.15, 0.2) is 6.10 Å². The summed E-state index contributed by atoms with van der Waals surface area (Å²) in [6.45, 7) is 4.41. The highest BCUT2D eigenvalue weighted by Crippen LogP contribution is 2.43. The van der Waals surface area contributed by atoms with Gasteiger partial charge in [-0.3, -0.25) is 18.6 Å². The van der Waals surface area contributed by atoms with E-state index in [4.69, 9.17) is 18.5 Å². The highest BCUT2D eigenvalue weighted by molar-refractivity contribution is 7.47. The third-order valence-electron chi connectivity index (χ3n) is 9.05. The van der Waals surface area contributed by atoms with Gasteiger partial charge in [0.2, 0.25) is 0 Å². The summed E-state index contributed by atoms with van der Waals surface area (Å²) in [7, 11) is 1.48. The highest BCUT2D eigenvalue weighted by Gasteiger charge is 2.27. The molecular weight excluding hydrogens is 665 g/mol. The van der Waals surface area contributed by atoms with Crippen LogP contribution in [0.25, 0.3) is 0 Å². The number of ether oxygens (including phenoxy) is 2. The van der Waals surface area contributed by atoms with Gasteiger partial charge < -0.3 is 18.9 Å². The molecule has 0 aromatic carbocycles. The molecule has 0 heterocycles. The first-order valence-corrected chi connectivity index (χ1v) is 22.4. The van der Waals surface area contributed by atoms with Gasteiger partial charge in [0.25, 0.3) is 0 Å². The molecule has 0 radical (unpaired) electrons. The Hall–Kier alpha value is -1.25. The molecule has 0 fully saturated rings. The van der Waals surface area contributed by atoms with E-state index in [0.29, 0.717) is 17.4 Å². The van der Waals surface area contributed by atoms with E-state index < -0.39 is 26.5 Å². The Morgan fingerprint density at radius 2 is 1.00 bits per heavy atom. The van der Waals surface area contributed by atoms with E-state index in [1.54, 1.807) is 0 Å². The molecule has 0 saturated carbocycles. The third-order valence-corrected chi connectivity index (χ3v) is 10.0. The Balaban J connectivity index is 4.39. The Morgan fingerprint density at radius 3 is 1.45 bits per heavy atom. The number of allylic oxidation sites excluding steroid dienone is 2. The van der Waals surface area contributed by atoms with Crippen molar-refractivity contribution in [2.24, 2.45) is 0 Å². The average Bonchev–Trinajstić information content (AvgIpc) is 3.07. The smallest absolute Gasteiger partial charge is 0.462 e. The van der Waals surface area contributed by atoms with Crippen molar-refractivity contribution >= 4 is 19.8 Å². The van der Waals surface area contributed by atoms with Crippen LogP contribution in [0.4, 0.5) is 0 Å². The number of phosphoric ester groups is 1. The number of likely N-dealkylation sites (N-methyl/N-ethyl adjacent to an activating group) is 1. The molecule has 1 N–H and O–H groups in total. The summed E-state index contributed by atoms with van der Waals surface area (Å²) < 4.78 is 34.2. The SMILES string of the molecule is CCCCCCC/C=C/CCCCCCCC(=O)OC[C@H](COP(=O)(O)OCC[N+](C)(C)C)OC(=O)CCCCCCCCCCCCCCC. The van der Waals surface area contributed by atoms with Gasteiger partial charge in [-0.2, -0.15) is 0 Å². The summed E-state index contributed by atoms with van der Waals surface area (Å²) in [5.41, 5.74) is 0. The van der Waals surface area contributed by atoms with Gasteiger partial charge in [0, 0.05) is 12.8 Å². The number of quaternary nitrogens is 1. The summed E-state index contributed by atoms with van der Waals surface area (Å²) in [5, 5.41) is 0. The Bertz CT molecular complexity index is 891. The second kappa shape index (κ2) is 34.5. The fraction of sp³-hybridized carbons (Fsp3) is 0.902. The number of carbonyl (C=O) groups is 2. The van der Waals surface area contributed by atoms with Crippen LogP contribution < -0.4 is 0 Å². The van der Waals surface area contributed by atoms with Gasteiger partial charge >= 0.3 is 19.8 Å². The van der Waals surface area contributed by atoms with E-state index in [1.807, 2.05) is 21.1 Å².